The summed E-state index contributed by atoms with van der Waals surface area (Å²) in [5.74, 6) is -1.22. The van der Waals surface area contributed by atoms with E-state index < -0.39 is 5.97 Å². The van der Waals surface area contributed by atoms with E-state index in [1.807, 2.05) is 0 Å². The number of aromatic nitrogens is 1. The summed E-state index contributed by atoms with van der Waals surface area (Å²) in [6.07, 6.45) is 0. The molecule has 19 heavy (non-hydrogen) atoms. The Bertz CT molecular complexity index is 649. The van der Waals surface area contributed by atoms with Crippen LogP contribution in [0.1, 0.15) is 31.3 Å². The van der Waals surface area contributed by atoms with Gasteiger partial charge in [0.05, 0.1) is 16.8 Å². The van der Waals surface area contributed by atoms with Crippen LogP contribution in [0.5, 0.6) is 0 Å². The van der Waals surface area contributed by atoms with Gasteiger partial charge in [-0.3, -0.25) is 4.79 Å². The molecule has 1 heterocycles. The fourth-order valence-electron chi connectivity index (χ4n) is 1.64. The van der Waals surface area contributed by atoms with Crippen LogP contribution < -0.4 is 5.32 Å². The van der Waals surface area contributed by atoms with Crippen molar-refractivity contribution in [3.8, 4) is 0 Å². The first-order chi connectivity index (χ1) is 8.99. The monoisotopic (exact) mass is 276 g/mol. The summed E-state index contributed by atoms with van der Waals surface area (Å²) in [7, 11) is 0. The molecule has 0 aliphatic heterocycles. The van der Waals surface area contributed by atoms with E-state index in [-0.39, 0.29) is 11.5 Å². The van der Waals surface area contributed by atoms with Crippen LogP contribution in [0.4, 0.5) is 5.69 Å². The quantitative estimate of drug-likeness (QED) is 0.903. The topological polar surface area (TPSA) is 79.3 Å². The zero-order valence-corrected chi connectivity index (χ0v) is 11.2. The molecule has 1 amide bonds. The predicted octanol–water partition coefficient (Wildman–Crippen LogP) is 2.71. The first-order valence-electron chi connectivity index (χ1n) is 5.54. The zero-order chi connectivity index (χ0) is 14.0. The van der Waals surface area contributed by atoms with Crippen molar-refractivity contribution in [2.24, 2.45) is 0 Å². The zero-order valence-electron chi connectivity index (χ0n) is 10.4. The second-order valence-corrected chi connectivity index (χ2v) is 4.91. The predicted molar refractivity (Wildman–Crippen MR) is 72.9 cm³/mol. The lowest BCUT2D eigenvalue weighted by Crippen LogP contribution is -2.13. The number of nitrogens with zero attached hydrogens (tertiary/aromatic N) is 1. The third kappa shape index (κ3) is 2.79. The lowest BCUT2D eigenvalue weighted by atomic mass is 10.1. The number of carbonyl (C=O) groups excluding carboxylic acids is 1. The molecule has 0 atom stereocenters. The van der Waals surface area contributed by atoms with Gasteiger partial charge in [0.1, 0.15) is 4.88 Å². The Morgan fingerprint density at radius 3 is 2.58 bits per heavy atom. The Balaban J connectivity index is 2.23. The first-order valence-corrected chi connectivity index (χ1v) is 6.42. The van der Waals surface area contributed by atoms with Gasteiger partial charge in [0, 0.05) is 5.69 Å². The van der Waals surface area contributed by atoms with Gasteiger partial charge in [-0.05, 0) is 37.6 Å². The average Bonchev–Trinajstić information content (AvgIpc) is 2.77. The van der Waals surface area contributed by atoms with E-state index in [2.05, 4.69) is 10.3 Å². The largest absolute Gasteiger partial charge is 0.478 e. The lowest BCUT2D eigenvalue weighted by Gasteiger charge is -2.08. The van der Waals surface area contributed by atoms with Crippen molar-refractivity contribution in [2.45, 2.75) is 13.8 Å². The molecule has 0 saturated carbocycles. The number of aryl methyl sites for hydroxylation is 2. The van der Waals surface area contributed by atoms with Crippen molar-refractivity contribution in [1.82, 2.24) is 4.98 Å². The highest BCUT2D eigenvalue weighted by molar-refractivity contribution is 7.12. The molecule has 0 unspecified atom stereocenters. The van der Waals surface area contributed by atoms with Gasteiger partial charge in [-0.25, -0.2) is 9.78 Å². The molecule has 0 saturated heterocycles. The summed E-state index contributed by atoms with van der Waals surface area (Å²) in [5, 5.41) is 11.6. The molecule has 98 valence electrons. The van der Waals surface area contributed by atoms with E-state index in [1.54, 1.807) is 25.4 Å². The number of anilines is 1. The van der Waals surface area contributed by atoms with Crippen LogP contribution in [0.3, 0.4) is 0 Å². The molecule has 0 bridgehead atoms. The van der Waals surface area contributed by atoms with Crippen LogP contribution in [-0.4, -0.2) is 22.0 Å². The molecule has 1 aromatic heterocycles. The smallest absolute Gasteiger partial charge is 0.335 e. The van der Waals surface area contributed by atoms with Gasteiger partial charge in [0.2, 0.25) is 0 Å². The van der Waals surface area contributed by atoms with Crippen LogP contribution in [0.25, 0.3) is 0 Å². The number of nitrogens with one attached hydrogen (secondary N) is 1. The number of rotatable bonds is 3. The number of carbonyl (C=O) groups is 2. The minimum atomic E-state index is -0.987. The summed E-state index contributed by atoms with van der Waals surface area (Å²) in [6, 6.07) is 4.58. The molecule has 6 heteroatoms. The van der Waals surface area contributed by atoms with E-state index in [0.29, 0.717) is 21.8 Å². The number of hydrogen-bond acceptors (Lipinski definition) is 4. The van der Waals surface area contributed by atoms with Gasteiger partial charge in [-0.1, -0.05) is 0 Å². The van der Waals surface area contributed by atoms with Gasteiger partial charge in [0.25, 0.3) is 5.91 Å². The third-order valence-electron chi connectivity index (χ3n) is 2.67. The van der Waals surface area contributed by atoms with E-state index in [9.17, 15) is 9.59 Å². The minimum Gasteiger partial charge on any atom is -0.478 e. The van der Waals surface area contributed by atoms with E-state index >= 15 is 0 Å². The Labute approximate surface area is 113 Å². The molecule has 2 aromatic rings. The Morgan fingerprint density at radius 2 is 2.05 bits per heavy atom. The summed E-state index contributed by atoms with van der Waals surface area (Å²) in [6.45, 7) is 3.52. The number of carboxylic acid groups (broad SMARTS) is 1. The maximum Gasteiger partial charge on any atom is 0.335 e. The van der Waals surface area contributed by atoms with Crippen LogP contribution in [0.15, 0.2) is 23.7 Å². The number of benzene rings is 1. The number of carboxylic acids is 1. The second-order valence-electron chi connectivity index (χ2n) is 4.06. The molecule has 0 fully saturated rings. The SMILES string of the molecule is Cc1cc(C(=O)O)ccc1NC(=O)c1scnc1C. The highest BCUT2D eigenvalue weighted by Crippen LogP contribution is 2.19. The van der Waals surface area contributed by atoms with Crippen LogP contribution in [0, 0.1) is 13.8 Å². The Morgan fingerprint density at radius 1 is 1.32 bits per heavy atom. The van der Waals surface area contributed by atoms with E-state index in [1.165, 1.54) is 23.5 Å². The van der Waals surface area contributed by atoms with Gasteiger partial charge >= 0.3 is 5.97 Å². The summed E-state index contributed by atoms with van der Waals surface area (Å²) in [5.41, 5.74) is 3.80. The standard InChI is InChI=1S/C13H12N2O3S/c1-7-5-9(13(17)18)3-4-10(7)15-12(16)11-8(2)14-6-19-11/h3-6H,1-2H3,(H,15,16)(H,17,18). The van der Waals surface area contributed by atoms with Gasteiger partial charge in [0.15, 0.2) is 0 Å². The molecular weight excluding hydrogens is 264 g/mol. The fraction of sp³-hybridized carbons (Fsp3) is 0.154. The number of aromatic carboxylic acids is 1. The summed E-state index contributed by atoms with van der Waals surface area (Å²) < 4.78 is 0. The Kier molecular flexibility index (Phi) is 3.62. The van der Waals surface area contributed by atoms with Crippen LogP contribution >= 0.6 is 11.3 Å². The molecule has 5 nitrogen and oxygen atoms in total. The molecule has 2 N–H and O–H groups in total. The fourth-order valence-corrected chi connectivity index (χ4v) is 2.33. The van der Waals surface area contributed by atoms with E-state index in [4.69, 9.17) is 5.11 Å². The third-order valence-corrected chi connectivity index (χ3v) is 3.60. The van der Waals surface area contributed by atoms with Crippen molar-refractivity contribution >= 4 is 28.9 Å². The molecule has 0 aliphatic carbocycles. The molecule has 1 aromatic carbocycles. The van der Waals surface area contributed by atoms with Crippen molar-refractivity contribution in [3.05, 3.63) is 45.4 Å². The Hall–Kier alpha value is -2.21. The van der Waals surface area contributed by atoms with Crippen LogP contribution in [0.2, 0.25) is 0 Å². The number of hydrogen-bond donors (Lipinski definition) is 2. The molecular formula is C13H12N2O3S. The van der Waals surface area contributed by atoms with Crippen molar-refractivity contribution < 1.29 is 14.7 Å². The average molecular weight is 276 g/mol. The normalized spacial score (nSPS) is 10.2. The molecule has 0 spiro atoms. The number of amides is 1. The highest BCUT2D eigenvalue weighted by Gasteiger charge is 2.13. The van der Waals surface area contributed by atoms with Gasteiger partial charge < -0.3 is 10.4 Å². The van der Waals surface area contributed by atoms with Crippen molar-refractivity contribution in [1.29, 1.82) is 0 Å². The molecule has 0 radical (unpaired) electrons. The number of thiazole rings is 1. The summed E-state index contributed by atoms with van der Waals surface area (Å²) >= 11 is 1.27. The minimum absolute atomic E-state index is 0.199. The maximum atomic E-state index is 12.0. The highest BCUT2D eigenvalue weighted by atomic mass is 32.1. The lowest BCUT2D eigenvalue weighted by molar-refractivity contribution is 0.0696. The maximum absolute atomic E-state index is 12.0. The van der Waals surface area contributed by atoms with Crippen LogP contribution in [-0.2, 0) is 0 Å². The molecule has 2 rings (SSSR count). The van der Waals surface area contributed by atoms with E-state index in [0.717, 1.165) is 0 Å². The van der Waals surface area contributed by atoms with Gasteiger partial charge in [-0.15, -0.1) is 11.3 Å². The van der Waals surface area contributed by atoms with Gasteiger partial charge in [-0.2, -0.15) is 0 Å². The molecule has 0 aliphatic rings. The first kappa shape index (κ1) is 13.2. The second kappa shape index (κ2) is 5.19. The summed E-state index contributed by atoms with van der Waals surface area (Å²) in [4.78, 5) is 27.4. The van der Waals surface area contributed by atoms with Crippen molar-refractivity contribution in [3.63, 3.8) is 0 Å². The van der Waals surface area contributed by atoms with Crippen molar-refractivity contribution in [2.75, 3.05) is 5.32 Å².